The predicted octanol–water partition coefficient (Wildman–Crippen LogP) is 0.0274. The van der Waals surface area contributed by atoms with E-state index < -0.39 is 16.2 Å². The van der Waals surface area contributed by atoms with Crippen molar-refractivity contribution in [2.45, 2.75) is 26.2 Å². The molecule has 1 rings (SSSR count). The van der Waals surface area contributed by atoms with Crippen LogP contribution in [0.4, 0.5) is 0 Å². The van der Waals surface area contributed by atoms with Gasteiger partial charge in [-0.3, -0.25) is 4.79 Å². The maximum atomic E-state index is 11.6. The summed E-state index contributed by atoms with van der Waals surface area (Å²) in [5.41, 5.74) is 0. The van der Waals surface area contributed by atoms with Crippen LogP contribution in [0.5, 0.6) is 0 Å². The van der Waals surface area contributed by atoms with Crippen LogP contribution < -0.4 is 4.72 Å². The molecule has 94 valence electrons. The van der Waals surface area contributed by atoms with Crippen molar-refractivity contribution in [2.75, 3.05) is 19.6 Å². The molecule has 1 aliphatic heterocycles. The Morgan fingerprint density at radius 3 is 2.81 bits per heavy atom. The molecule has 6 nitrogen and oxygen atoms in total. The molecule has 1 saturated heterocycles. The lowest BCUT2D eigenvalue weighted by Gasteiger charge is -2.16. The van der Waals surface area contributed by atoms with Gasteiger partial charge in [0.15, 0.2) is 0 Å². The Labute approximate surface area is 95.8 Å². The third-order valence-electron chi connectivity index (χ3n) is 2.68. The molecule has 0 aromatic carbocycles. The molecule has 16 heavy (non-hydrogen) atoms. The van der Waals surface area contributed by atoms with Gasteiger partial charge in [-0.2, -0.15) is 12.7 Å². The summed E-state index contributed by atoms with van der Waals surface area (Å²) in [6, 6.07) is 0. The van der Waals surface area contributed by atoms with Gasteiger partial charge in [-0.15, -0.1) is 0 Å². The molecule has 0 bridgehead atoms. The van der Waals surface area contributed by atoms with Gasteiger partial charge < -0.3 is 5.11 Å². The van der Waals surface area contributed by atoms with E-state index in [9.17, 15) is 13.2 Å². The summed E-state index contributed by atoms with van der Waals surface area (Å²) in [5, 5.41) is 8.54. The molecule has 1 heterocycles. The number of nitrogens with zero attached hydrogens (tertiary/aromatic N) is 1. The Bertz CT molecular complexity index is 341. The van der Waals surface area contributed by atoms with Gasteiger partial charge in [0.05, 0.1) is 0 Å². The van der Waals surface area contributed by atoms with Gasteiger partial charge in [-0.25, -0.2) is 4.72 Å². The smallest absolute Gasteiger partial charge is 0.303 e. The molecular weight excluding hydrogens is 232 g/mol. The van der Waals surface area contributed by atoms with E-state index >= 15 is 0 Å². The van der Waals surface area contributed by atoms with Gasteiger partial charge in [0.25, 0.3) is 10.2 Å². The van der Waals surface area contributed by atoms with E-state index in [0.29, 0.717) is 26.1 Å². The predicted molar refractivity (Wildman–Crippen MR) is 59.1 cm³/mol. The number of hydrogen-bond donors (Lipinski definition) is 2. The maximum absolute atomic E-state index is 11.6. The molecule has 1 aliphatic rings. The second kappa shape index (κ2) is 5.60. The zero-order chi connectivity index (χ0) is 12.2. The summed E-state index contributed by atoms with van der Waals surface area (Å²) < 4.78 is 27.1. The monoisotopic (exact) mass is 250 g/mol. The number of carboxylic acids is 1. The van der Waals surface area contributed by atoms with Gasteiger partial charge in [0, 0.05) is 26.1 Å². The molecule has 7 heteroatoms. The normalized spacial score (nSPS) is 22.4. The number of carbonyl (C=O) groups is 1. The first-order valence-corrected chi connectivity index (χ1v) is 6.86. The molecule has 0 aromatic rings. The van der Waals surface area contributed by atoms with E-state index in [1.165, 1.54) is 4.31 Å². The fourth-order valence-corrected chi connectivity index (χ4v) is 3.15. The first-order chi connectivity index (χ1) is 7.45. The number of hydrogen-bond acceptors (Lipinski definition) is 3. The van der Waals surface area contributed by atoms with E-state index in [-0.39, 0.29) is 12.3 Å². The van der Waals surface area contributed by atoms with Crippen LogP contribution in [-0.4, -0.2) is 43.4 Å². The molecule has 1 unspecified atom stereocenters. The average Bonchev–Trinajstić information content (AvgIpc) is 2.63. The lowest BCUT2D eigenvalue weighted by Crippen LogP contribution is -2.39. The van der Waals surface area contributed by atoms with Crippen molar-refractivity contribution in [1.29, 1.82) is 0 Å². The van der Waals surface area contributed by atoms with Crippen molar-refractivity contribution >= 4 is 16.2 Å². The number of nitrogens with one attached hydrogen (secondary N) is 1. The third kappa shape index (κ3) is 3.73. The Morgan fingerprint density at radius 1 is 1.56 bits per heavy atom. The Morgan fingerprint density at radius 2 is 2.25 bits per heavy atom. The number of rotatable bonds is 6. The van der Waals surface area contributed by atoms with Crippen LogP contribution in [0.2, 0.25) is 0 Å². The highest BCUT2D eigenvalue weighted by Gasteiger charge is 2.30. The van der Waals surface area contributed by atoms with Gasteiger partial charge in [0.1, 0.15) is 0 Å². The van der Waals surface area contributed by atoms with E-state index in [4.69, 9.17) is 5.11 Å². The summed E-state index contributed by atoms with van der Waals surface area (Å²) in [4.78, 5) is 10.4. The van der Waals surface area contributed by atoms with Crippen molar-refractivity contribution in [3.8, 4) is 0 Å². The minimum Gasteiger partial charge on any atom is -0.481 e. The first kappa shape index (κ1) is 13.4. The SMILES string of the molecule is CCNS(=O)(=O)N1CCC(CCC(=O)O)C1. The molecule has 1 fully saturated rings. The summed E-state index contributed by atoms with van der Waals surface area (Å²) >= 11 is 0. The van der Waals surface area contributed by atoms with E-state index in [1.54, 1.807) is 6.92 Å². The van der Waals surface area contributed by atoms with Crippen molar-refractivity contribution in [1.82, 2.24) is 9.03 Å². The van der Waals surface area contributed by atoms with Crippen molar-refractivity contribution < 1.29 is 18.3 Å². The van der Waals surface area contributed by atoms with Gasteiger partial charge >= 0.3 is 5.97 Å². The topological polar surface area (TPSA) is 86.7 Å². The fraction of sp³-hybridized carbons (Fsp3) is 0.889. The molecule has 0 radical (unpaired) electrons. The lowest BCUT2D eigenvalue weighted by atomic mass is 10.0. The van der Waals surface area contributed by atoms with Crippen molar-refractivity contribution in [2.24, 2.45) is 5.92 Å². The van der Waals surface area contributed by atoms with Crippen molar-refractivity contribution in [3.05, 3.63) is 0 Å². The molecule has 0 spiro atoms. The maximum Gasteiger partial charge on any atom is 0.303 e. The molecule has 1 atom stereocenters. The van der Waals surface area contributed by atoms with Crippen LogP contribution in [0.15, 0.2) is 0 Å². The largest absolute Gasteiger partial charge is 0.481 e. The average molecular weight is 250 g/mol. The molecule has 0 aromatic heterocycles. The second-order valence-electron chi connectivity index (χ2n) is 3.95. The van der Waals surface area contributed by atoms with Gasteiger partial charge in [-0.1, -0.05) is 6.92 Å². The van der Waals surface area contributed by atoms with E-state index in [2.05, 4.69) is 4.72 Å². The summed E-state index contributed by atoms with van der Waals surface area (Å²) in [6.45, 7) is 3.02. The molecule has 0 aliphatic carbocycles. The lowest BCUT2D eigenvalue weighted by molar-refractivity contribution is -0.137. The van der Waals surface area contributed by atoms with Gasteiger partial charge in [0.2, 0.25) is 0 Å². The molecule has 2 N–H and O–H groups in total. The summed E-state index contributed by atoms with van der Waals surface area (Å²) in [7, 11) is -3.35. The third-order valence-corrected chi connectivity index (χ3v) is 4.35. The van der Waals surface area contributed by atoms with Crippen LogP contribution in [0.25, 0.3) is 0 Å². The molecule has 0 saturated carbocycles. The number of carboxylic acid groups (broad SMARTS) is 1. The second-order valence-corrected chi connectivity index (χ2v) is 5.70. The van der Waals surface area contributed by atoms with E-state index in [0.717, 1.165) is 6.42 Å². The van der Waals surface area contributed by atoms with Crippen LogP contribution in [0.3, 0.4) is 0 Å². The van der Waals surface area contributed by atoms with Crippen LogP contribution in [0, 0.1) is 5.92 Å². The quantitative estimate of drug-likeness (QED) is 0.696. The van der Waals surface area contributed by atoms with Crippen molar-refractivity contribution in [3.63, 3.8) is 0 Å². The van der Waals surface area contributed by atoms with E-state index in [1.807, 2.05) is 0 Å². The summed E-state index contributed by atoms with van der Waals surface area (Å²) in [6.07, 6.45) is 1.41. The van der Waals surface area contributed by atoms with Crippen LogP contribution in [0.1, 0.15) is 26.2 Å². The minimum atomic E-state index is -3.35. The molecular formula is C9H18N2O4S. The standard InChI is InChI=1S/C9H18N2O4S/c1-2-10-16(14,15)11-6-5-8(7-11)3-4-9(12)13/h8,10H,2-7H2,1H3,(H,12,13). The van der Waals surface area contributed by atoms with Gasteiger partial charge in [-0.05, 0) is 18.8 Å². The zero-order valence-corrected chi connectivity index (χ0v) is 10.2. The highest BCUT2D eigenvalue weighted by molar-refractivity contribution is 7.87. The highest BCUT2D eigenvalue weighted by Crippen LogP contribution is 2.22. The zero-order valence-electron chi connectivity index (χ0n) is 9.35. The van der Waals surface area contributed by atoms with Crippen LogP contribution in [-0.2, 0) is 15.0 Å². The fourth-order valence-electron chi connectivity index (χ4n) is 1.85. The first-order valence-electron chi connectivity index (χ1n) is 5.42. The Balaban J connectivity index is 2.43. The Kier molecular flexibility index (Phi) is 4.69. The minimum absolute atomic E-state index is 0.111. The van der Waals surface area contributed by atoms with Crippen LogP contribution >= 0.6 is 0 Å². The summed E-state index contributed by atoms with van der Waals surface area (Å²) in [5.74, 6) is -0.655. The highest BCUT2D eigenvalue weighted by atomic mass is 32.2. The molecule has 0 amide bonds. The number of aliphatic carboxylic acids is 1. The Hall–Kier alpha value is -0.660.